The minimum Gasteiger partial charge on any atom is -0.493 e. The molecule has 1 amide bonds. The Morgan fingerprint density at radius 2 is 1.97 bits per heavy atom. The van der Waals surface area contributed by atoms with Crippen LogP contribution in [0, 0.1) is 6.92 Å². The van der Waals surface area contributed by atoms with Crippen molar-refractivity contribution in [3.8, 4) is 11.6 Å². The van der Waals surface area contributed by atoms with E-state index in [-0.39, 0.29) is 24.1 Å². The zero-order chi connectivity index (χ0) is 24.2. The molecule has 3 aromatic rings. The number of rotatable bonds is 7. The van der Waals surface area contributed by atoms with E-state index in [1.807, 2.05) is 57.2 Å². The van der Waals surface area contributed by atoms with Gasteiger partial charge in [0.15, 0.2) is 12.3 Å². The lowest BCUT2D eigenvalue weighted by Gasteiger charge is -2.27. The molecule has 2 aromatic carbocycles. The van der Waals surface area contributed by atoms with Crippen LogP contribution in [0.1, 0.15) is 30.9 Å². The maximum absolute atomic E-state index is 12.5. The predicted octanol–water partition coefficient (Wildman–Crippen LogP) is 5.41. The van der Waals surface area contributed by atoms with Crippen LogP contribution in [0.4, 0.5) is 5.69 Å². The number of aryl methyl sites for hydroxylation is 1. The summed E-state index contributed by atoms with van der Waals surface area (Å²) in [5, 5.41) is 20.2. The fourth-order valence-corrected chi connectivity index (χ4v) is 4.15. The van der Waals surface area contributed by atoms with E-state index < -0.39 is 5.91 Å². The SMILES string of the molecule is Cc1cc(OCC(=O)N=Nc2c(O)n(CN3CCOCC3)c3ccccc23)c(C(C)C)cc1Cl. The van der Waals surface area contributed by atoms with Crippen molar-refractivity contribution in [3.05, 3.63) is 52.5 Å². The van der Waals surface area contributed by atoms with Crippen LogP contribution in [0.25, 0.3) is 10.9 Å². The van der Waals surface area contributed by atoms with Crippen molar-refractivity contribution >= 4 is 34.1 Å². The number of hydrogen-bond donors (Lipinski definition) is 1. The van der Waals surface area contributed by atoms with Gasteiger partial charge in [-0.1, -0.05) is 43.6 Å². The van der Waals surface area contributed by atoms with E-state index in [0.717, 1.165) is 35.1 Å². The molecule has 180 valence electrons. The first kappa shape index (κ1) is 24.2. The molecule has 0 atom stereocenters. The first-order chi connectivity index (χ1) is 16.3. The fraction of sp³-hybridized carbons (Fsp3) is 0.400. The molecule has 34 heavy (non-hydrogen) atoms. The second-order valence-electron chi connectivity index (χ2n) is 8.67. The number of nitrogens with zero attached hydrogens (tertiary/aromatic N) is 4. The number of ether oxygens (including phenoxy) is 2. The molecule has 1 aliphatic rings. The largest absolute Gasteiger partial charge is 0.493 e. The van der Waals surface area contributed by atoms with Gasteiger partial charge in [-0.25, -0.2) is 0 Å². The van der Waals surface area contributed by atoms with Gasteiger partial charge in [0.1, 0.15) is 5.75 Å². The molecular weight excluding hydrogens is 456 g/mol. The van der Waals surface area contributed by atoms with Crippen molar-refractivity contribution in [2.24, 2.45) is 10.2 Å². The lowest BCUT2D eigenvalue weighted by atomic mass is 10.0. The first-order valence-corrected chi connectivity index (χ1v) is 11.7. The van der Waals surface area contributed by atoms with Gasteiger partial charge in [-0.2, -0.15) is 0 Å². The quantitative estimate of drug-likeness (QED) is 0.453. The first-order valence-electron chi connectivity index (χ1n) is 11.3. The molecule has 4 rings (SSSR count). The summed E-state index contributed by atoms with van der Waals surface area (Å²) in [6.45, 7) is 9.06. The van der Waals surface area contributed by atoms with E-state index in [9.17, 15) is 9.90 Å². The summed E-state index contributed by atoms with van der Waals surface area (Å²) in [6, 6.07) is 11.2. The van der Waals surface area contributed by atoms with Gasteiger partial charge in [-0.05, 0) is 42.2 Å². The summed E-state index contributed by atoms with van der Waals surface area (Å²) in [5.74, 6) is 0.206. The third-order valence-electron chi connectivity index (χ3n) is 5.89. The highest BCUT2D eigenvalue weighted by molar-refractivity contribution is 6.31. The normalized spacial score (nSPS) is 15.0. The second-order valence-corrected chi connectivity index (χ2v) is 9.07. The Bertz CT molecular complexity index is 1220. The van der Waals surface area contributed by atoms with Crippen molar-refractivity contribution in [2.45, 2.75) is 33.4 Å². The zero-order valence-corrected chi connectivity index (χ0v) is 20.4. The van der Waals surface area contributed by atoms with Gasteiger partial charge < -0.3 is 14.6 Å². The van der Waals surface area contributed by atoms with Crippen LogP contribution in [-0.4, -0.2) is 53.4 Å². The summed E-state index contributed by atoms with van der Waals surface area (Å²) >= 11 is 6.25. The monoisotopic (exact) mass is 484 g/mol. The van der Waals surface area contributed by atoms with E-state index in [1.54, 1.807) is 4.57 Å². The van der Waals surface area contributed by atoms with Gasteiger partial charge in [0, 0.05) is 23.5 Å². The molecule has 9 heteroatoms. The van der Waals surface area contributed by atoms with Crippen molar-refractivity contribution in [2.75, 3.05) is 32.9 Å². The molecule has 8 nitrogen and oxygen atoms in total. The summed E-state index contributed by atoms with van der Waals surface area (Å²) in [5.41, 5.74) is 2.88. The number of fused-ring (bicyclic) bond motifs is 1. The number of azo groups is 1. The highest BCUT2D eigenvalue weighted by Crippen LogP contribution is 2.39. The highest BCUT2D eigenvalue weighted by Gasteiger charge is 2.20. The van der Waals surface area contributed by atoms with E-state index in [0.29, 0.717) is 30.7 Å². The molecule has 1 saturated heterocycles. The number of aromatic nitrogens is 1. The molecular formula is C25H29ClN4O4. The number of halogens is 1. The number of para-hydroxylation sites is 1. The van der Waals surface area contributed by atoms with Crippen LogP contribution in [0.5, 0.6) is 11.6 Å². The van der Waals surface area contributed by atoms with Gasteiger partial charge >= 0.3 is 5.91 Å². The Morgan fingerprint density at radius 3 is 2.71 bits per heavy atom. The van der Waals surface area contributed by atoms with Gasteiger partial charge in [0.2, 0.25) is 5.88 Å². The Labute approximate surface area is 203 Å². The summed E-state index contributed by atoms with van der Waals surface area (Å²) in [4.78, 5) is 14.7. The highest BCUT2D eigenvalue weighted by atomic mass is 35.5. The number of amides is 1. The van der Waals surface area contributed by atoms with Crippen LogP contribution in [0.2, 0.25) is 5.02 Å². The zero-order valence-electron chi connectivity index (χ0n) is 19.6. The summed E-state index contributed by atoms with van der Waals surface area (Å²) < 4.78 is 12.9. The lowest BCUT2D eigenvalue weighted by molar-refractivity contribution is -0.120. The van der Waals surface area contributed by atoms with Gasteiger partial charge in [-0.3, -0.25) is 14.3 Å². The Kier molecular flexibility index (Phi) is 7.50. The number of carbonyl (C=O) groups excluding carboxylic acids is 1. The maximum Gasteiger partial charge on any atom is 0.302 e. The minimum absolute atomic E-state index is 0.0272. The van der Waals surface area contributed by atoms with E-state index in [2.05, 4.69) is 15.1 Å². The molecule has 1 aliphatic heterocycles. The van der Waals surface area contributed by atoms with Crippen LogP contribution < -0.4 is 4.74 Å². The molecule has 2 heterocycles. The Morgan fingerprint density at radius 1 is 1.24 bits per heavy atom. The van der Waals surface area contributed by atoms with Gasteiger partial charge in [-0.15, -0.1) is 10.2 Å². The van der Waals surface area contributed by atoms with Crippen molar-refractivity contribution in [1.29, 1.82) is 0 Å². The average Bonchev–Trinajstić information content (AvgIpc) is 3.09. The molecule has 0 spiro atoms. The number of aromatic hydroxyl groups is 1. The molecule has 0 unspecified atom stereocenters. The van der Waals surface area contributed by atoms with Crippen LogP contribution >= 0.6 is 11.6 Å². The van der Waals surface area contributed by atoms with Crippen molar-refractivity contribution in [1.82, 2.24) is 9.47 Å². The molecule has 0 saturated carbocycles. The molecule has 1 aromatic heterocycles. The van der Waals surface area contributed by atoms with E-state index >= 15 is 0 Å². The molecule has 0 aliphatic carbocycles. The predicted molar refractivity (Wildman–Crippen MR) is 131 cm³/mol. The van der Waals surface area contributed by atoms with Crippen molar-refractivity contribution in [3.63, 3.8) is 0 Å². The molecule has 1 N–H and O–H groups in total. The number of carbonyl (C=O) groups is 1. The third kappa shape index (κ3) is 5.24. The smallest absolute Gasteiger partial charge is 0.302 e. The Hall–Kier alpha value is -2.94. The molecule has 0 radical (unpaired) electrons. The van der Waals surface area contributed by atoms with Gasteiger partial charge in [0.25, 0.3) is 0 Å². The third-order valence-corrected chi connectivity index (χ3v) is 6.30. The topological polar surface area (TPSA) is 88.7 Å². The number of benzene rings is 2. The van der Waals surface area contributed by atoms with Crippen molar-refractivity contribution < 1.29 is 19.4 Å². The van der Waals surface area contributed by atoms with Crippen LogP contribution in [0.15, 0.2) is 46.6 Å². The number of morpholine rings is 1. The van der Waals surface area contributed by atoms with Gasteiger partial charge in [0.05, 0.1) is 25.4 Å². The minimum atomic E-state index is -0.549. The lowest BCUT2D eigenvalue weighted by Crippen LogP contribution is -2.37. The fourth-order valence-electron chi connectivity index (χ4n) is 3.98. The average molecular weight is 485 g/mol. The Balaban J connectivity index is 1.52. The van der Waals surface area contributed by atoms with Crippen LogP contribution in [-0.2, 0) is 16.2 Å². The molecule has 1 fully saturated rings. The maximum atomic E-state index is 12.5. The molecule has 0 bridgehead atoms. The summed E-state index contributed by atoms with van der Waals surface area (Å²) in [7, 11) is 0. The van der Waals surface area contributed by atoms with E-state index in [1.165, 1.54) is 0 Å². The standard InChI is InChI=1S/C25H29ClN4O4/c1-16(2)19-13-20(26)17(3)12-22(19)34-14-23(31)27-28-24-18-6-4-5-7-21(18)30(25(24)32)15-29-8-10-33-11-9-29/h4-7,12-13,16,32H,8-11,14-15H2,1-3H3. The second kappa shape index (κ2) is 10.5. The van der Waals surface area contributed by atoms with E-state index in [4.69, 9.17) is 21.1 Å². The number of hydrogen-bond acceptors (Lipinski definition) is 6. The van der Waals surface area contributed by atoms with Crippen LogP contribution in [0.3, 0.4) is 0 Å². The summed E-state index contributed by atoms with van der Waals surface area (Å²) in [6.07, 6.45) is 0.